The first kappa shape index (κ1) is 22.3. The van der Waals surface area contributed by atoms with Gasteiger partial charge in [0.1, 0.15) is 11.5 Å². The summed E-state index contributed by atoms with van der Waals surface area (Å²) in [6, 6.07) is 8.29. The molecule has 0 amide bonds. The lowest BCUT2D eigenvalue weighted by atomic mass is 9.90. The van der Waals surface area contributed by atoms with Crippen molar-refractivity contribution in [2.75, 3.05) is 0 Å². The van der Waals surface area contributed by atoms with E-state index in [4.69, 9.17) is 0 Å². The number of unbranched alkanes of at least 4 members (excludes halogenated alkanes) is 1. The van der Waals surface area contributed by atoms with Crippen molar-refractivity contribution in [3.05, 3.63) is 57.6 Å². The van der Waals surface area contributed by atoms with Crippen molar-refractivity contribution in [1.29, 1.82) is 0 Å². The van der Waals surface area contributed by atoms with Gasteiger partial charge in [0.05, 0.1) is 0 Å². The van der Waals surface area contributed by atoms with Crippen LogP contribution in [0.2, 0.25) is 0 Å². The number of hydrogen-bond donors (Lipinski definition) is 2. The summed E-state index contributed by atoms with van der Waals surface area (Å²) >= 11 is 0. The Morgan fingerprint density at radius 2 is 1.04 bits per heavy atom. The highest BCUT2D eigenvalue weighted by Gasteiger charge is 2.13. The highest BCUT2D eigenvalue weighted by molar-refractivity contribution is 5.44. The average Bonchev–Trinajstić information content (AvgIpc) is 2.66. The van der Waals surface area contributed by atoms with Crippen LogP contribution in [0.3, 0.4) is 0 Å². The summed E-state index contributed by atoms with van der Waals surface area (Å²) in [5, 5.41) is 20.5. The molecule has 2 aromatic rings. The zero-order chi connectivity index (χ0) is 20.8. The van der Waals surface area contributed by atoms with Crippen molar-refractivity contribution in [1.82, 2.24) is 0 Å². The van der Waals surface area contributed by atoms with E-state index in [2.05, 4.69) is 53.7 Å². The molecule has 0 fully saturated rings. The minimum Gasteiger partial charge on any atom is -0.508 e. The first-order valence-electron chi connectivity index (χ1n) is 10.9. The zero-order valence-electron chi connectivity index (χ0n) is 18.6. The molecule has 0 bridgehead atoms. The van der Waals surface area contributed by atoms with Crippen molar-refractivity contribution in [2.45, 2.75) is 91.9 Å². The lowest BCUT2D eigenvalue weighted by Gasteiger charge is -2.16. The maximum atomic E-state index is 10.3. The van der Waals surface area contributed by atoms with Crippen LogP contribution in [0.1, 0.15) is 98.6 Å². The number of rotatable bonds is 9. The lowest BCUT2D eigenvalue weighted by molar-refractivity contribution is 0.460. The summed E-state index contributed by atoms with van der Waals surface area (Å²) < 4.78 is 0. The largest absolute Gasteiger partial charge is 0.508 e. The van der Waals surface area contributed by atoms with Crippen molar-refractivity contribution in [3.8, 4) is 11.5 Å². The highest BCUT2D eigenvalue weighted by atomic mass is 16.3. The third-order valence-corrected chi connectivity index (χ3v) is 6.40. The zero-order valence-corrected chi connectivity index (χ0v) is 18.6. The summed E-state index contributed by atoms with van der Waals surface area (Å²) in [4.78, 5) is 0. The van der Waals surface area contributed by atoms with E-state index in [1.54, 1.807) is 0 Å². The minimum atomic E-state index is 0.387. The summed E-state index contributed by atoms with van der Waals surface area (Å²) in [7, 11) is 0. The van der Waals surface area contributed by atoms with Gasteiger partial charge in [-0.15, -0.1) is 0 Å². The Balaban J connectivity index is 2.03. The molecule has 0 aliphatic rings. The van der Waals surface area contributed by atoms with Crippen molar-refractivity contribution in [3.63, 3.8) is 0 Å². The van der Waals surface area contributed by atoms with Gasteiger partial charge in [-0.2, -0.15) is 0 Å². The van der Waals surface area contributed by atoms with Crippen LogP contribution >= 0.6 is 0 Å². The predicted molar refractivity (Wildman–Crippen MR) is 120 cm³/mol. The molecule has 0 heterocycles. The molecule has 2 rings (SSSR count). The van der Waals surface area contributed by atoms with Crippen LogP contribution in [0.4, 0.5) is 0 Å². The Morgan fingerprint density at radius 3 is 1.36 bits per heavy atom. The fourth-order valence-corrected chi connectivity index (χ4v) is 3.91. The van der Waals surface area contributed by atoms with Gasteiger partial charge in [-0.05, 0) is 110 Å². The summed E-state index contributed by atoms with van der Waals surface area (Å²) in [5.74, 6) is 1.65. The van der Waals surface area contributed by atoms with Gasteiger partial charge in [0.15, 0.2) is 0 Å². The summed E-state index contributed by atoms with van der Waals surface area (Å²) in [5.41, 5.74) is 7.24. The standard InChI is InChI=1S/C26H38O2/c1-7-17(3)23-15-21(19(5)13-25(23)27)11-9-10-12-22-16-24(18(4)8-2)26(28)14-20(22)6/h13-18,27-28H,7-12H2,1-6H3. The van der Waals surface area contributed by atoms with Gasteiger partial charge in [0, 0.05) is 0 Å². The Hall–Kier alpha value is -1.96. The number of phenolic OH excluding ortho intramolecular Hbond substituents is 2. The molecule has 0 aliphatic carbocycles. The molecule has 28 heavy (non-hydrogen) atoms. The molecular formula is C26H38O2. The van der Waals surface area contributed by atoms with E-state index in [0.29, 0.717) is 23.3 Å². The van der Waals surface area contributed by atoms with E-state index in [1.807, 2.05) is 12.1 Å². The molecule has 0 aromatic heterocycles. The molecule has 0 radical (unpaired) electrons. The molecule has 2 atom stereocenters. The molecule has 0 saturated heterocycles. The first-order valence-corrected chi connectivity index (χ1v) is 10.9. The molecule has 2 N–H and O–H groups in total. The van der Waals surface area contributed by atoms with E-state index in [1.165, 1.54) is 22.3 Å². The second-order valence-electron chi connectivity index (χ2n) is 8.50. The molecular weight excluding hydrogens is 344 g/mol. The number of benzene rings is 2. The molecule has 0 spiro atoms. The normalized spacial score (nSPS) is 13.5. The second kappa shape index (κ2) is 10.0. The summed E-state index contributed by atoms with van der Waals surface area (Å²) in [6.07, 6.45) is 6.42. The molecule has 154 valence electrons. The van der Waals surface area contributed by atoms with Crippen LogP contribution in [0, 0.1) is 13.8 Å². The number of aryl methyl sites for hydroxylation is 4. The van der Waals surface area contributed by atoms with Crippen LogP contribution in [0.25, 0.3) is 0 Å². The Bertz CT molecular complexity index is 724. The molecule has 0 aliphatic heterocycles. The van der Waals surface area contributed by atoms with Crippen molar-refractivity contribution in [2.24, 2.45) is 0 Å². The minimum absolute atomic E-state index is 0.387. The molecule has 2 nitrogen and oxygen atoms in total. The smallest absolute Gasteiger partial charge is 0.119 e. The Kier molecular flexibility index (Phi) is 7.98. The number of phenols is 2. The lowest BCUT2D eigenvalue weighted by Crippen LogP contribution is -2.00. The molecule has 2 heteroatoms. The highest BCUT2D eigenvalue weighted by Crippen LogP contribution is 2.33. The van der Waals surface area contributed by atoms with Gasteiger partial charge < -0.3 is 10.2 Å². The van der Waals surface area contributed by atoms with Crippen LogP contribution in [-0.4, -0.2) is 10.2 Å². The van der Waals surface area contributed by atoms with E-state index in [0.717, 1.165) is 49.7 Å². The van der Waals surface area contributed by atoms with Crippen LogP contribution < -0.4 is 0 Å². The molecule has 0 saturated carbocycles. The van der Waals surface area contributed by atoms with E-state index >= 15 is 0 Å². The van der Waals surface area contributed by atoms with Gasteiger partial charge in [-0.25, -0.2) is 0 Å². The van der Waals surface area contributed by atoms with Gasteiger partial charge in [-0.3, -0.25) is 0 Å². The Labute approximate surface area is 171 Å². The van der Waals surface area contributed by atoms with Gasteiger partial charge in [-0.1, -0.05) is 39.8 Å². The number of hydrogen-bond acceptors (Lipinski definition) is 2. The maximum absolute atomic E-state index is 10.3. The fraction of sp³-hybridized carbons (Fsp3) is 0.538. The van der Waals surface area contributed by atoms with Gasteiger partial charge in [0.25, 0.3) is 0 Å². The SMILES string of the molecule is CCC(C)c1cc(CCCCc2cc(C(C)CC)c(O)cc2C)c(C)cc1O. The monoisotopic (exact) mass is 382 g/mol. The van der Waals surface area contributed by atoms with E-state index < -0.39 is 0 Å². The fourth-order valence-electron chi connectivity index (χ4n) is 3.91. The number of aromatic hydroxyl groups is 2. The van der Waals surface area contributed by atoms with Gasteiger partial charge >= 0.3 is 0 Å². The third kappa shape index (κ3) is 5.31. The first-order chi connectivity index (χ1) is 13.3. The van der Waals surface area contributed by atoms with E-state index in [9.17, 15) is 10.2 Å². The van der Waals surface area contributed by atoms with Gasteiger partial charge in [0.2, 0.25) is 0 Å². The quantitative estimate of drug-likeness (QED) is 0.446. The summed E-state index contributed by atoms with van der Waals surface area (Å²) in [6.45, 7) is 12.9. The maximum Gasteiger partial charge on any atom is 0.119 e. The predicted octanol–water partition coefficient (Wildman–Crippen LogP) is 7.31. The average molecular weight is 383 g/mol. The van der Waals surface area contributed by atoms with Crippen LogP contribution in [0.15, 0.2) is 24.3 Å². The van der Waals surface area contributed by atoms with Crippen LogP contribution in [0.5, 0.6) is 11.5 Å². The van der Waals surface area contributed by atoms with Crippen molar-refractivity contribution >= 4 is 0 Å². The second-order valence-corrected chi connectivity index (χ2v) is 8.50. The van der Waals surface area contributed by atoms with Crippen molar-refractivity contribution < 1.29 is 10.2 Å². The Morgan fingerprint density at radius 1 is 0.679 bits per heavy atom. The topological polar surface area (TPSA) is 40.5 Å². The van der Waals surface area contributed by atoms with E-state index in [-0.39, 0.29) is 0 Å². The third-order valence-electron chi connectivity index (χ3n) is 6.40. The molecule has 2 aromatic carbocycles. The molecule has 2 unspecified atom stereocenters. The van der Waals surface area contributed by atoms with Crippen LogP contribution in [-0.2, 0) is 12.8 Å².